The molecule has 6 nitrogen and oxygen atoms in total. The Balaban J connectivity index is 1.65. The Labute approximate surface area is 147 Å². The van der Waals surface area contributed by atoms with Crippen LogP contribution in [0.5, 0.6) is 0 Å². The summed E-state index contributed by atoms with van der Waals surface area (Å²) >= 11 is 0. The molecule has 1 heterocycles. The zero-order valence-corrected chi connectivity index (χ0v) is 14.4. The quantitative estimate of drug-likeness (QED) is 0.329. The zero-order chi connectivity index (χ0) is 17.9. The number of para-hydroxylation sites is 1. The third kappa shape index (κ3) is 6.71. The first-order valence-corrected chi connectivity index (χ1v) is 8.43. The predicted octanol–water partition coefficient (Wildman–Crippen LogP) is 3.20. The highest BCUT2D eigenvalue weighted by Crippen LogP contribution is 2.10. The molecule has 0 atom stereocenters. The van der Waals surface area contributed by atoms with Crippen molar-refractivity contribution in [1.82, 2.24) is 10.4 Å². The van der Waals surface area contributed by atoms with Gasteiger partial charge in [0.1, 0.15) is 0 Å². The number of ether oxygens (including phenoxy) is 1. The first kappa shape index (κ1) is 18.6. The molecule has 0 spiro atoms. The van der Waals surface area contributed by atoms with E-state index in [2.05, 4.69) is 20.2 Å². The monoisotopic (exact) mass is 341 g/mol. The highest BCUT2D eigenvalue weighted by Gasteiger charge is 2.02. The van der Waals surface area contributed by atoms with Crippen molar-refractivity contribution >= 4 is 29.0 Å². The van der Waals surface area contributed by atoms with Gasteiger partial charge in [-0.3, -0.25) is 9.59 Å². The average molecular weight is 341 g/mol. The van der Waals surface area contributed by atoms with E-state index < -0.39 is 0 Å². The maximum Gasteiger partial charge on any atom is 0.305 e. The lowest BCUT2D eigenvalue weighted by molar-refractivity contribution is -0.140. The molecule has 1 aromatic carbocycles. The number of rotatable bonds is 9. The summed E-state index contributed by atoms with van der Waals surface area (Å²) in [6, 6.07) is 11.7. The smallest absolute Gasteiger partial charge is 0.305 e. The molecule has 0 bridgehead atoms. The van der Waals surface area contributed by atoms with Gasteiger partial charge in [0.25, 0.3) is 0 Å². The minimum atomic E-state index is -0.186. The molecule has 2 aromatic rings. The Morgan fingerprint density at radius 3 is 2.64 bits per heavy atom. The van der Waals surface area contributed by atoms with Crippen molar-refractivity contribution in [2.75, 3.05) is 7.11 Å². The van der Waals surface area contributed by atoms with Crippen molar-refractivity contribution in [3.63, 3.8) is 0 Å². The van der Waals surface area contributed by atoms with E-state index in [0.29, 0.717) is 18.5 Å². The Morgan fingerprint density at radius 1 is 1.08 bits per heavy atom. The number of hydrogen-bond donors (Lipinski definition) is 1. The van der Waals surface area contributed by atoms with Gasteiger partial charge < -0.3 is 4.74 Å². The van der Waals surface area contributed by atoms with E-state index in [4.69, 9.17) is 0 Å². The standard InChI is InChI=1S/C19H23N3O3/c1-25-19(24)11-5-3-2-4-10-18(23)22-20-14-16-13-12-15-8-6-7-9-17(15)21-16/h6-9,12-14H,2-5,10-11H2,1H3,(H,22,23)/b20-14+. The van der Waals surface area contributed by atoms with Crippen molar-refractivity contribution < 1.29 is 14.3 Å². The maximum atomic E-state index is 11.7. The number of nitrogens with one attached hydrogen (secondary N) is 1. The lowest BCUT2D eigenvalue weighted by Gasteiger charge is -2.01. The summed E-state index contributed by atoms with van der Waals surface area (Å²) in [5.41, 5.74) is 4.10. The summed E-state index contributed by atoms with van der Waals surface area (Å²) in [5, 5.41) is 5.02. The van der Waals surface area contributed by atoms with Gasteiger partial charge in [-0.2, -0.15) is 5.10 Å². The number of aromatic nitrogens is 1. The first-order valence-electron chi connectivity index (χ1n) is 8.43. The number of benzene rings is 1. The number of amides is 1. The fraction of sp³-hybridized carbons (Fsp3) is 0.368. The molecular weight excluding hydrogens is 318 g/mol. The van der Waals surface area contributed by atoms with Crippen LogP contribution < -0.4 is 5.43 Å². The van der Waals surface area contributed by atoms with Crippen LogP contribution in [0.1, 0.15) is 44.2 Å². The summed E-state index contributed by atoms with van der Waals surface area (Å²) in [7, 11) is 1.39. The topological polar surface area (TPSA) is 80.7 Å². The SMILES string of the molecule is COC(=O)CCCCCCC(=O)N/N=C/c1ccc2ccccc2n1. The Hall–Kier alpha value is -2.76. The second-order valence-corrected chi connectivity index (χ2v) is 5.71. The fourth-order valence-corrected chi connectivity index (χ4v) is 2.39. The molecule has 0 fully saturated rings. The maximum absolute atomic E-state index is 11.7. The van der Waals surface area contributed by atoms with E-state index >= 15 is 0 Å². The van der Waals surface area contributed by atoms with Crippen molar-refractivity contribution in [3.05, 3.63) is 42.1 Å². The van der Waals surface area contributed by atoms with E-state index in [0.717, 1.165) is 36.6 Å². The van der Waals surface area contributed by atoms with Gasteiger partial charge in [-0.1, -0.05) is 37.1 Å². The number of fused-ring (bicyclic) bond motifs is 1. The van der Waals surface area contributed by atoms with Gasteiger partial charge >= 0.3 is 5.97 Å². The van der Waals surface area contributed by atoms with Gasteiger partial charge in [0.2, 0.25) is 5.91 Å². The van der Waals surface area contributed by atoms with Crippen LogP contribution in [-0.2, 0) is 14.3 Å². The predicted molar refractivity (Wildman–Crippen MR) is 97.2 cm³/mol. The summed E-state index contributed by atoms with van der Waals surface area (Å²) in [4.78, 5) is 27.1. The van der Waals surface area contributed by atoms with Gasteiger partial charge in [-0.05, 0) is 25.0 Å². The largest absolute Gasteiger partial charge is 0.469 e. The molecule has 0 saturated carbocycles. The van der Waals surface area contributed by atoms with Gasteiger partial charge in [-0.15, -0.1) is 0 Å². The van der Waals surface area contributed by atoms with E-state index in [-0.39, 0.29) is 11.9 Å². The van der Waals surface area contributed by atoms with Crippen molar-refractivity contribution in [1.29, 1.82) is 0 Å². The summed E-state index contributed by atoms with van der Waals surface area (Å²) in [6.45, 7) is 0. The number of hydrazone groups is 1. The van der Waals surface area contributed by atoms with Crippen LogP contribution >= 0.6 is 0 Å². The third-order valence-corrected chi connectivity index (χ3v) is 3.77. The number of carbonyl (C=O) groups is 2. The fourth-order valence-electron chi connectivity index (χ4n) is 2.39. The number of nitrogens with zero attached hydrogens (tertiary/aromatic N) is 2. The van der Waals surface area contributed by atoms with Gasteiger partial charge in [-0.25, -0.2) is 10.4 Å². The molecule has 0 radical (unpaired) electrons. The molecule has 1 amide bonds. The zero-order valence-electron chi connectivity index (χ0n) is 14.4. The summed E-state index contributed by atoms with van der Waals surface area (Å²) in [6.07, 6.45) is 5.77. The Bertz CT molecular complexity index is 744. The van der Waals surface area contributed by atoms with E-state index in [1.54, 1.807) is 6.21 Å². The minimum absolute atomic E-state index is 0.120. The first-order chi connectivity index (χ1) is 12.2. The van der Waals surface area contributed by atoms with Crippen molar-refractivity contribution in [3.8, 4) is 0 Å². The van der Waals surface area contributed by atoms with E-state index in [1.807, 2.05) is 36.4 Å². The van der Waals surface area contributed by atoms with Crippen LogP contribution in [0.25, 0.3) is 10.9 Å². The molecule has 0 aliphatic heterocycles. The van der Waals surface area contributed by atoms with Crippen molar-refractivity contribution in [2.45, 2.75) is 38.5 Å². The number of esters is 1. The Morgan fingerprint density at radius 2 is 1.84 bits per heavy atom. The normalized spacial score (nSPS) is 10.9. The summed E-state index contributed by atoms with van der Waals surface area (Å²) in [5.74, 6) is -0.306. The second-order valence-electron chi connectivity index (χ2n) is 5.71. The van der Waals surface area contributed by atoms with Crippen LogP contribution in [-0.4, -0.2) is 30.2 Å². The van der Waals surface area contributed by atoms with Crippen LogP contribution in [0, 0.1) is 0 Å². The number of unbranched alkanes of at least 4 members (excludes halogenated alkanes) is 3. The van der Waals surface area contributed by atoms with Crippen molar-refractivity contribution in [2.24, 2.45) is 5.10 Å². The number of hydrogen-bond acceptors (Lipinski definition) is 5. The van der Waals surface area contributed by atoms with Gasteiger partial charge in [0.15, 0.2) is 0 Å². The molecule has 0 saturated heterocycles. The third-order valence-electron chi connectivity index (χ3n) is 3.77. The molecule has 132 valence electrons. The highest BCUT2D eigenvalue weighted by molar-refractivity contribution is 5.85. The average Bonchev–Trinajstić information content (AvgIpc) is 2.64. The van der Waals surface area contributed by atoms with E-state index in [1.165, 1.54) is 7.11 Å². The lowest BCUT2D eigenvalue weighted by atomic mass is 10.1. The number of pyridine rings is 1. The molecule has 1 N–H and O–H groups in total. The molecule has 25 heavy (non-hydrogen) atoms. The number of carbonyl (C=O) groups excluding carboxylic acids is 2. The van der Waals surface area contributed by atoms with E-state index in [9.17, 15) is 9.59 Å². The van der Waals surface area contributed by atoms with Gasteiger partial charge in [0.05, 0.1) is 24.5 Å². The summed E-state index contributed by atoms with van der Waals surface area (Å²) < 4.78 is 4.58. The molecule has 6 heteroatoms. The molecule has 0 aliphatic rings. The highest BCUT2D eigenvalue weighted by atomic mass is 16.5. The van der Waals surface area contributed by atoms with Crippen LogP contribution in [0.4, 0.5) is 0 Å². The molecule has 0 aliphatic carbocycles. The molecule has 0 unspecified atom stereocenters. The second kappa shape index (κ2) is 10.2. The minimum Gasteiger partial charge on any atom is -0.469 e. The van der Waals surface area contributed by atoms with Crippen LogP contribution in [0.15, 0.2) is 41.5 Å². The Kier molecular flexibility index (Phi) is 7.56. The van der Waals surface area contributed by atoms with Gasteiger partial charge in [0, 0.05) is 18.2 Å². The van der Waals surface area contributed by atoms with Crippen LogP contribution in [0.2, 0.25) is 0 Å². The number of methoxy groups -OCH3 is 1. The van der Waals surface area contributed by atoms with Crippen LogP contribution in [0.3, 0.4) is 0 Å². The molecule has 1 aromatic heterocycles. The molecular formula is C19H23N3O3. The molecule has 2 rings (SSSR count). The lowest BCUT2D eigenvalue weighted by Crippen LogP contribution is -2.17.